The average molecular weight is 311 g/mol. The molecule has 0 unspecified atom stereocenters. The predicted octanol–water partition coefficient (Wildman–Crippen LogP) is 4.79. The Balaban J connectivity index is 2.10. The van der Waals surface area contributed by atoms with Crippen molar-refractivity contribution in [1.82, 2.24) is 4.98 Å². The Bertz CT molecular complexity index is 561. The summed E-state index contributed by atoms with van der Waals surface area (Å²) in [6.07, 6.45) is 0.987. The lowest BCUT2D eigenvalue weighted by Crippen LogP contribution is -2.05. The summed E-state index contributed by atoms with van der Waals surface area (Å²) >= 11 is 12.2. The Morgan fingerprint density at radius 1 is 1.15 bits per heavy atom. The first-order valence-electron chi connectivity index (χ1n) is 6.47. The van der Waals surface area contributed by atoms with E-state index in [0.717, 1.165) is 18.5 Å². The molecule has 0 bridgehead atoms. The van der Waals surface area contributed by atoms with Crippen LogP contribution in [0.15, 0.2) is 36.4 Å². The molecule has 0 saturated heterocycles. The maximum absolute atomic E-state index is 6.10. The lowest BCUT2D eigenvalue weighted by molar-refractivity contribution is 0.294. The van der Waals surface area contributed by atoms with E-state index >= 15 is 0 Å². The Morgan fingerprint density at radius 3 is 2.60 bits per heavy atom. The SMILES string of the molecule is CCCNc1nc(OCc2ccccc2)c(Cl)cc1Cl. The molecular formula is C15H16Cl2N2O. The van der Waals surface area contributed by atoms with Gasteiger partial charge in [-0.1, -0.05) is 60.5 Å². The zero-order valence-electron chi connectivity index (χ0n) is 11.2. The molecule has 0 aliphatic carbocycles. The van der Waals surface area contributed by atoms with Crippen molar-refractivity contribution in [3.8, 4) is 5.88 Å². The number of hydrogen-bond acceptors (Lipinski definition) is 3. The highest BCUT2D eigenvalue weighted by atomic mass is 35.5. The summed E-state index contributed by atoms with van der Waals surface area (Å²) in [6, 6.07) is 11.5. The van der Waals surface area contributed by atoms with E-state index in [-0.39, 0.29) is 0 Å². The third kappa shape index (κ3) is 4.02. The van der Waals surface area contributed by atoms with E-state index in [1.165, 1.54) is 0 Å². The quantitative estimate of drug-likeness (QED) is 0.833. The van der Waals surface area contributed by atoms with Crippen molar-refractivity contribution < 1.29 is 4.74 Å². The van der Waals surface area contributed by atoms with Crippen LogP contribution in [-0.2, 0) is 6.61 Å². The number of aromatic nitrogens is 1. The second-order valence-electron chi connectivity index (χ2n) is 4.31. The van der Waals surface area contributed by atoms with E-state index in [2.05, 4.69) is 17.2 Å². The molecule has 0 amide bonds. The summed E-state index contributed by atoms with van der Waals surface area (Å²) in [5.41, 5.74) is 1.06. The molecule has 0 spiro atoms. The molecule has 0 radical (unpaired) electrons. The van der Waals surface area contributed by atoms with Crippen LogP contribution in [0.2, 0.25) is 10.0 Å². The van der Waals surface area contributed by atoms with Gasteiger partial charge in [0.1, 0.15) is 17.4 Å². The highest BCUT2D eigenvalue weighted by Crippen LogP contribution is 2.31. The van der Waals surface area contributed by atoms with Gasteiger partial charge in [-0.2, -0.15) is 4.98 Å². The normalized spacial score (nSPS) is 10.3. The van der Waals surface area contributed by atoms with Crippen LogP contribution in [0, 0.1) is 0 Å². The molecule has 20 heavy (non-hydrogen) atoms. The summed E-state index contributed by atoms with van der Waals surface area (Å²) in [5, 5.41) is 4.05. The monoisotopic (exact) mass is 310 g/mol. The Labute approximate surface area is 128 Å². The first kappa shape index (κ1) is 14.9. The third-order valence-corrected chi connectivity index (χ3v) is 3.22. The number of pyridine rings is 1. The molecular weight excluding hydrogens is 295 g/mol. The molecule has 1 aromatic heterocycles. The minimum absolute atomic E-state index is 0.388. The van der Waals surface area contributed by atoms with Crippen molar-refractivity contribution in [2.75, 3.05) is 11.9 Å². The van der Waals surface area contributed by atoms with E-state index in [9.17, 15) is 0 Å². The van der Waals surface area contributed by atoms with Gasteiger partial charge in [-0.05, 0) is 18.1 Å². The number of anilines is 1. The molecule has 0 atom stereocenters. The number of nitrogens with zero attached hydrogens (tertiary/aromatic N) is 1. The van der Waals surface area contributed by atoms with Crippen LogP contribution in [0.3, 0.4) is 0 Å². The number of ether oxygens (including phenoxy) is 1. The fraction of sp³-hybridized carbons (Fsp3) is 0.267. The van der Waals surface area contributed by atoms with E-state index in [4.69, 9.17) is 27.9 Å². The maximum atomic E-state index is 6.10. The lowest BCUT2D eigenvalue weighted by Gasteiger charge is -2.11. The van der Waals surface area contributed by atoms with Crippen LogP contribution in [0.4, 0.5) is 5.82 Å². The van der Waals surface area contributed by atoms with Crippen molar-refractivity contribution in [2.24, 2.45) is 0 Å². The standard InChI is InChI=1S/C15H16Cl2N2O/c1-2-8-18-14-12(16)9-13(17)15(19-14)20-10-11-6-4-3-5-7-11/h3-7,9H,2,8,10H2,1H3,(H,18,19). The van der Waals surface area contributed by atoms with Crippen molar-refractivity contribution >= 4 is 29.0 Å². The van der Waals surface area contributed by atoms with E-state index in [1.54, 1.807) is 6.07 Å². The summed E-state index contributed by atoms with van der Waals surface area (Å²) < 4.78 is 5.66. The van der Waals surface area contributed by atoms with E-state index in [0.29, 0.717) is 28.3 Å². The second-order valence-corrected chi connectivity index (χ2v) is 5.12. The molecule has 1 heterocycles. The second kappa shape index (κ2) is 7.36. The van der Waals surface area contributed by atoms with Gasteiger partial charge in [-0.25, -0.2) is 0 Å². The predicted molar refractivity (Wildman–Crippen MR) is 83.8 cm³/mol. The first-order chi connectivity index (χ1) is 9.70. The topological polar surface area (TPSA) is 34.2 Å². The summed E-state index contributed by atoms with van der Waals surface area (Å²) in [5.74, 6) is 0.986. The van der Waals surface area contributed by atoms with Gasteiger partial charge >= 0.3 is 0 Å². The van der Waals surface area contributed by atoms with Crippen LogP contribution >= 0.6 is 23.2 Å². The minimum atomic E-state index is 0.388. The molecule has 5 heteroatoms. The molecule has 0 fully saturated rings. The van der Waals surface area contributed by atoms with Crippen molar-refractivity contribution in [2.45, 2.75) is 20.0 Å². The summed E-state index contributed by atoms with van der Waals surface area (Å²) in [7, 11) is 0. The van der Waals surface area contributed by atoms with Gasteiger partial charge in [-0.15, -0.1) is 0 Å². The molecule has 106 valence electrons. The Hall–Kier alpha value is -1.45. The van der Waals surface area contributed by atoms with Gasteiger partial charge in [0.2, 0.25) is 5.88 Å². The average Bonchev–Trinajstić information content (AvgIpc) is 2.46. The fourth-order valence-corrected chi connectivity index (χ4v) is 2.12. The highest BCUT2D eigenvalue weighted by Gasteiger charge is 2.10. The minimum Gasteiger partial charge on any atom is -0.472 e. The van der Waals surface area contributed by atoms with Gasteiger partial charge in [0.15, 0.2) is 0 Å². The van der Waals surface area contributed by atoms with Gasteiger partial charge < -0.3 is 10.1 Å². The molecule has 2 rings (SSSR count). The van der Waals surface area contributed by atoms with Gasteiger partial charge in [0.05, 0.1) is 5.02 Å². The number of benzene rings is 1. The smallest absolute Gasteiger partial charge is 0.234 e. The Morgan fingerprint density at radius 2 is 1.90 bits per heavy atom. The first-order valence-corrected chi connectivity index (χ1v) is 7.23. The fourth-order valence-electron chi connectivity index (χ4n) is 1.64. The lowest BCUT2D eigenvalue weighted by atomic mass is 10.2. The van der Waals surface area contributed by atoms with Gasteiger partial charge in [0, 0.05) is 6.54 Å². The number of rotatable bonds is 6. The van der Waals surface area contributed by atoms with Crippen LogP contribution < -0.4 is 10.1 Å². The van der Waals surface area contributed by atoms with Crippen LogP contribution in [0.1, 0.15) is 18.9 Å². The zero-order valence-corrected chi connectivity index (χ0v) is 12.7. The molecule has 0 saturated carbocycles. The van der Waals surface area contributed by atoms with Crippen LogP contribution in [0.25, 0.3) is 0 Å². The number of hydrogen-bond donors (Lipinski definition) is 1. The third-order valence-electron chi connectivity index (χ3n) is 2.66. The highest BCUT2D eigenvalue weighted by molar-refractivity contribution is 6.36. The summed E-state index contributed by atoms with van der Waals surface area (Å²) in [6.45, 7) is 3.29. The van der Waals surface area contributed by atoms with Crippen molar-refractivity contribution in [1.29, 1.82) is 0 Å². The van der Waals surface area contributed by atoms with E-state index < -0.39 is 0 Å². The molecule has 0 aliphatic rings. The molecule has 0 aliphatic heterocycles. The summed E-state index contributed by atoms with van der Waals surface area (Å²) in [4.78, 5) is 4.33. The molecule has 3 nitrogen and oxygen atoms in total. The van der Waals surface area contributed by atoms with Crippen LogP contribution in [0.5, 0.6) is 5.88 Å². The molecule has 1 aromatic carbocycles. The Kier molecular flexibility index (Phi) is 5.50. The van der Waals surface area contributed by atoms with Gasteiger partial charge in [-0.3, -0.25) is 0 Å². The van der Waals surface area contributed by atoms with Gasteiger partial charge in [0.25, 0.3) is 0 Å². The molecule has 2 aromatic rings. The molecule has 1 N–H and O–H groups in total. The van der Waals surface area contributed by atoms with Crippen molar-refractivity contribution in [3.63, 3.8) is 0 Å². The van der Waals surface area contributed by atoms with Crippen molar-refractivity contribution in [3.05, 3.63) is 52.0 Å². The van der Waals surface area contributed by atoms with E-state index in [1.807, 2.05) is 30.3 Å². The number of halogens is 2. The van der Waals surface area contributed by atoms with Crippen LogP contribution in [-0.4, -0.2) is 11.5 Å². The number of nitrogens with one attached hydrogen (secondary N) is 1. The maximum Gasteiger partial charge on any atom is 0.234 e. The zero-order chi connectivity index (χ0) is 14.4. The largest absolute Gasteiger partial charge is 0.472 e.